The predicted octanol–water partition coefficient (Wildman–Crippen LogP) is 6.44. The number of halogens is 3. The van der Waals surface area contributed by atoms with Gasteiger partial charge >= 0.3 is 12.1 Å². The molecule has 1 amide bonds. The molecule has 2 aromatic carbocycles. The number of benzene rings is 2. The number of carbonyl (C=O) groups excluding carboxylic acids is 2. The Hall–Kier alpha value is -4.52. The Morgan fingerprint density at radius 3 is 2.43 bits per heavy atom. The van der Waals surface area contributed by atoms with E-state index >= 15 is 0 Å². The topological polar surface area (TPSA) is 133 Å². The van der Waals surface area contributed by atoms with Crippen molar-refractivity contribution in [3.8, 4) is 5.88 Å². The summed E-state index contributed by atoms with van der Waals surface area (Å²) in [7, 11) is 2.49. The van der Waals surface area contributed by atoms with Crippen molar-refractivity contribution in [1.29, 1.82) is 0 Å². The van der Waals surface area contributed by atoms with Crippen LogP contribution in [-0.4, -0.2) is 53.2 Å². The lowest BCUT2D eigenvalue weighted by molar-refractivity contribution is -0.386. The second-order valence-corrected chi connectivity index (χ2v) is 10.4. The molecule has 1 aromatic heterocycles. The molecule has 0 spiro atoms. The number of nitro groups is 1. The van der Waals surface area contributed by atoms with E-state index in [2.05, 4.69) is 10.3 Å². The number of hydrogen-bond donors (Lipinski definition) is 1. The number of pyridine rings is 1. The lowest BCUT2D eigenvalue weighted by Crippen LogP contribution is -2.38. The van der Waals surface area contributed by atoms with E-state index in [1.54, 1.807) is 20.8 Å². The zero-order valence-electron chi connectivity index (χ0n) is 23.5. The van der Waals surface area contributed by atoms with Crippen LogP contribution in [0.5, 0.6) is 5.88 Å². The van der Waals surface area contributed by atoms with E-state index in [4.69, 9.17) is 25.8 Å². The molecular weight excluding hydrogens is 578 g/mol. The maximum Gasteiger partial charge on any atom is 0.410 e. The van der Waals surface area contributed by atoms with Crippen molar-refractivity contribution < 1.29 is 37.5 Å². The summed E-state index contributed by atoms with van der Waals surface area (Å²) in [4.78, 5) is 41.9. The fourth-order valence-electron chi connectivity index (χ4n) is 3.83. The van der Waals surface area contributed by atoms with Gasteiger partial charge in [-0.25, -0.2) is 23.4 Å². The molecule has 0 saturated heterocycles. The minimum absolute atomic E-state index is 0.0640. The van der Waals surface area contributed by atoms with Gasteiger partial charge in [0.05, 0.1) is 42.0 Å². The van der Waals surface area contributed by atoms with E-state index in [9.17, 15) is 28.5 Å². The third-order valence-electron chi connectivity index (χ3n) is 5.76. The highest BCUT2D eigenvalue weighted by molar-refractivity contribution is 6.31. The summed E-state index contributed by atoms with van der Waals surface area (Å²) in [5.74, 6) is -2.18. The number of nitrogens with zero attached hydrogens (tertiary/aromatic N) is 3. The van der Waals surface area contributed by atoms with Gasteiger partial charge in [0.25, 0.3) is 5.69 Å². The van der Waals surface area contributed by atoms with E-state index in [1.807, 2.05) is 0 Å². The highest BCUT2D eigenvalue weighted by Gasteiger charge is 2.26. The minimum atomic E-state index is -0.890. The molecule has 0 fully saturated rings. The van der Waals surface area contributed by atoms with Crippen molar-refractivity contribution in [3.05, 3.63) is 86.1 Å². The summed E-state index contributed by atoms with van der Waals surface area (Å²) >= 11 is 5.95. The van der Waals surface area contributed by atoms with E-state index in [0.717, 1.165) is 25.3 Å². The van der Waals surface area contributed by atoms with E-state index < -0.39 is 34.2 Å². The number of aromatic nitrogens is 1. The minimum Gasteiger partial charge on any atom is -0.481 e. The van der Waals surface area contributed by atoms with Crippen molar-refractivity contribution >= 4 is 40.7 Å². The molecule has 0 saturated carbocycles. The molecule has 0 unspecified atom stereocenters. The molecule has 0 aliphatic heterocycles. The SMILES string of the molecule is COC(=O)c1cc(F)c(Cl)cc1Nc1ccc(F)cc1CN(CCc1nc(OC)ccc1[N+](=O)[O-])C(=O)OC(C)(C)C. The summed E-state index contributed by atoms with van der Waals surface area (Å²) in [6.45, 7) is 4.66. The summed E-state index contributed by atoms with van der Waals surface area (Å²) < 4.78 is 44.0. The number of esters is 1. The zero-order chi connectivity index (χ0) is 31.2. The molecule has 0 aliphatic carbocycles. The second-order valence-electron chi connectivity index (χ2n) is 9.96. The van der Waals surface area contributed by atoms with Gasteiger partial charge in [0.1, 0.15) is 22.9 Å². The van der Waals surface area contributed by atoms with Gasteiger partial charge in [-0.2, -0.15) is 0 Å². The molecule has 42 heavy (non-hydrogen) atoms. The summed E-state index contributed by atoms with van der Waals surface area (Å²) in [6, 6.07) is 8.36. The van der Waals surface area contributed by atoms with Crippen molar-refractivity contribution in [2.45, 2.75) is 39.3 Å². The fourth-order valence-corrected chi connectivity index (χ4v) is 4.00. The highest BCUT2D eigenvalue weighted by Crippen LogP contribution is 2.31. The first-order valence-corrected chi connectivity index (χ1v) is 12.9. The Balaban J connectivity index is 2.01. The molecule has 0 bridgehead atoms. The van der Waals surface area contributed by atoms with Crippen LogP contribution in [0.15, 0.2) is 42.5 Å². The van der Waals surface area contributed by atoms with Gasteiger partial charge in [-0.15, -0.1) is 0 Å². The molecule has 3 aromatic rings. The van der Waals surface area contributed by atoms with Crippen LogP contribution in [0.3, 0.4) is 0 Å². The lowest BCUT2D eigenvalue weighted by Gasteiger charge is -2.28. The fraction of sp³-hybridized carbons (Fsp3) is 0.321. The van der Waals surface area contributed by atoms with Crippen LogP contribution in [-0.2, 0) is 22.4 Å². The molecule has 1 heterocycles. The maximum atomic E-state index is 14.5. The normalized spacial score (nSPS) is 11.0. The number of hydrogen-bond acceptors (Lipinski definition) is 9. The molecule has 0 aliphatic rings. The van der Waals surface area contributed by atoms with Crippen LogP contribution in [0.25, 0.3) is 0 Å². The number of nitrogens with one attached hydrogen (secondary N) is 1. The molecule has 14 heteroatoms. The van der Waals surface area contributed by atoms with Crippen molar-refractivity contribution in [2.24, 2.45) is 0 Å². The van der Waals surface area contributed by atoms with Crippen LogP contribution in [0.4, 0.5) is 30.6 Å². The number of amides is 1. The van der Waals surface area contributed by atoms with Gasteiger partial charge in [0.2, 0.25) is 5.88 Å². The number of methoxy groups -OCH3 is 2. The summed E-state index contributed by atoms with van der Waals surface area (Å²) in [6.07, 6.45) is -0.839. The Bertz CT molecular complexity index is 1500. The molecule has 11 nitrogen and oxygen atoms in total. The second kappa shape index (κ2) is 13.4. The molecule has 0 radical (unpaired) electrons. The molecular formula is C28H29ClF2N4O7. The van der Waals surface area contributed by atoms with Crippen LogP contribution in [0.1, 0.15) is 42.4 Å². The van der Waals surface area contributed by atoms with Gasteiger partial charge < -0.3 is 24.4 Å². The first kappa shape index (κ1) is 32.0. The first-order chi connectivity index (χ1) is 19.7. The van der Waals surface area contributed by atoms with Crippen molar-refractivity contribution in [3.63, 3.8) is 0 Å². The molecule has 224 valence electrons. The largest absolute Gasteiger partial charge is 0.481 e. The van der Waals surface area contributed by atoms with Gasteiger partial charge in [0, 0.05) is 30.8 Å². The van der Waals surface area contributed by atoms with Gasteiger partial charge in [-0.3, -0.25) is 10.1 Å². The average Bonchev–Trinajstić information content (AvgIpc) is 2.92. The van der Waals surface area contributed by atoms with Crippen LogP contribution < -0.4 is 10.1 Å². The van der Waals surface area contributed by atoms with Crippen LogP contribution in [0.2, 0.25) is 5.02 Å². The summed E-state index contributed by atoms with van der Waals surface area (Å²) in [5.41, 5.74) is -0.700. The number of ether oxygens (including phenoxy) is 3. The third-order valence-corrected chi connectivity index (χ3v) is 6.05. The van der Waals surface area contributed by atoms with Crippen molar-refractivity contribution in [1.82, 2.24) is 9.88 Å². The summed E-state index contributed by atoms with van der Waals surface area (Å²) in [5, 5.41) is 14.2. The Morgan fingerprint density at radius 2 is 1.81 bits per heavy atom. The Kier molecular flexibility index (Phi) is 10.2. The van der Waals surface area contributed by atoms with E-state index in [1.165, 1.54) is 36.3 Å². The Labute approximate surface area is 245 Å². The molecule has 0 atom stereocenters. The number of carbonyl (C=O) groups is 2. The average molecular weight is 607 g/mol. The third kappa shape index (κ3) is 8.26. The van der Waals surface area contributed by atoms with Crippen LogP contribution >= 0.6 is 11.6 Å². The molecule has 3 rings (SSSR count). The van der Waals surface area contributed by atoms with Crippen LogP contribution in [0, 0.1) is 21.7 Å². The van der Waals surface area contributed by atoms with E-state index in [-0.39, 0.29) is 64.3 Å². The highest BCUT2D eigenvalue weighted by atomic mass is 35.5. The quantitative estimate of drug-likeness (QED) is 0.157. The lowest BCUT2D eigenvalue weighted by atomic mass is 10.1. The van der Waals surface area contributed by atoms with Gasteiger partial charge in [0.15, 0.2) is 0 Å². The standard InChI is InChI=1S/C28H29ClF2N4O7/c1-28(2,3)42-27(37)34(11-10-22-24(35(38)39)8-9-25(33-22)40-4)15-16-12-17(30)6-7-21(16)32-23-14-19(29)20(31)13-18(23)26(36)41-5/h6-9,12-14,32H,10-11,15H2,1-5H3. The van der Waals surface area contributed by atoms with Crippen molar-refractivity contribution in [2.75, 3.05) is 26.1 Å². The van der Waals surface area contributed by atoms with Gasteiger partial charge in [-0.05, 0) is 56.7 Å². The van der Waals surface area contributed by atoms with Gasteiger partial charge in [-0.1, -0.05) is 11.6 Å². The molecule has 1 N–H and O–H groups in total. The predicted molar refractivity (Wildman–Crippen MR) is 150 cm³/mol. The monoisotopic (exact) mass is 606 g/mol. The zero-order valence-corrected chi connectivity index (χ0v) is 24.3. The first-order valence-electron chi connectivity index (χ1n) is 12.5. The van der Waals surface area contributed by atoms with E-state index in [0.29, 0.717) is 0 Å². The Morgan fingerprint density at radius 1 is 1.10 bits per heavy atom. The smallest absolute Gasteiger partial charge is 0.410 e. The maximum absolute atomic E-state index is 14.5. The number of anilines is 2. The number of rotatable bonds is 10.